The topological polar surface area (TPSA) is 60.3 Å². The molecule has 4 aromatic rings. The minimum absolute atomic E-state index is 0. The van der Waals surface area contributed by atoms with Gasteiger partial charge in [0.15, 0.2) is 0 Å². The average Bonchev–Trinajstić information content (AvgIpc) is 2.95. The zero-order valence-corrected chi connectivity index (χ0v) is 25.0. The number of halogens is 1. The van der Waals surface area contributed by atoms with Crippen LogP contribution >= 0.6 is 9.69 Å². The van der Waals surface area contributed by atoms with Crippen LogP contribution in [0.15, 0.2) is 120 Å². The molecule has 0 aromatic heterocycles. The number of rotatable bonds is 11. The van der Waals surface area contributed by atoms with E-state index < -0.39 is 16.1 Å². The Kier molecular flexibility index (Phi) is 13.9. The maximum atomic E-state index is 13.4. The van der Waals surface area contributed by atoms with Gasteiger partial charge in [-0.15, -0.1) is 0 Å². The summed E-state index contributed by atoms with van der Waals surface area (Å²) in [5.74, 6) is 0. The van der Waals surface area contributed by atoms with E-state index >= 15 is 0 Å². The molecular formula is C31H34ClN2O2RuS+. The second-order valence-corrected chi connectivity index (χ2v) is 10.3. The van der Waals surface area contributed by atoms with Crippen LogP contribution in [0.25, 0.3) is 4.72 Å². The van der Waals surface area contributed by atoms with Gasteiger partial charge >= 0.3 is 27.0 Å². The third-order valence-electron chi connectivity index (χ3n) is 6.04. The second kappa shape index (κ2) is 16.6. The summed E-state index contributed by atoms with van der Waals surface area (Å²) in [6, 6.07) is 36.0. The van der Waals surface area contributed by atoms with Crippen molar-refractivity contribution < 1.29 is 25.7 Å². The average molecular weight is 635 g/mol. The molecule has 7 heteroatoms. The van der Waals surface area contributed by atoms with Crippen molar-refractivity contribution in [3.8, 4) is 0 Å². The number of nitrogens with zero attached hydrogens (tertiary/aromatic N) is 1. The Bertz CT molecular complexity index is 1290. The van der Waals surface area contributed by atoms with Crippen LogP contribution in [0.2, 0.25) is 0 Å². The van der Waals surface area contributed by atoms with Gasteiger partial charge in [-0.1, -0.05) is 120 Å². The Morgan fingerprint density at radius 3 is 1.82 bits per heavy atom. The summed E-state index contributed by atoms with van der Waals surface area (Å²) in [7, 11) is 0.703. The van der Waals surface area contributed by atoms with Gasteiger partial charge in [-0.2, -0.15) is 0 Å². The van der Waals surface area contributed by atoms with Crippen LogP contribution in [0.4, 0.5) is 0 Å². The quantitative estimate of drug-likeness (QED) is 0.104. The molecule has 0 saturated heterocycles. The van der Waals surface area contributed by atoms with Gasteiger partial charge in [0.05, 0.1) is 0 Å². The fraction of sp³-hybridized carbons (Fsp3) is 0.194. The summed E-state index contributed by atoms with van der Waals surface area (Å²) in [4.78, 5) is 0.208. The van der Waals surface area contributed by atoms with E-state index in [1.165, 1.54) is 5.56 Å². The van der Waals surface area contributed by atoms with Gasteiger partial charge in [0.25, 0.3) is 0 Å². The maximum absolute atomic E-state index is 13.4. The first kappa shape index (κ1) is 31.9. The number of nitrogens with one attached hydrogen (secondary N) is 1. The number of hydrogen-bond acceptors (Lipinski definition) is 3. The monoisotopic (exact) mass is 635 g/mol. The van der Waals surface area contributed by atoms with Crippen molar-refractivity contribution >= 4 is 19.7 Å². The summed E-state index contributed by atoms with van der Waals surface area (Å²) >= 11 is 1.82. The van der Waals surface area contributed by atoms with Gasteiger partial charge in [0.1, 0.15) is 10.0 Å². The minimum atomic E-state index is -3.87. The van der Waals surface area contributed by atoms with Crippen molar-refractivity contribution in [1.29, 1.82) is 0 Å². The molecule has 0 bridgehead atoms. The molecule has 200 valence electrons. The summed E-state index contributed by atoms with van der Waals surface area (Å²) in [6.07, 6.45) is 1.88. The Morgan fingerprint density at radius 2 is 1.26 bits per heavy atom. The number of benzene rings is 4. The predicted molar refractivity (Wildman–Crippen MR) is 155 cm³/mol. The van der Waals surface area contributed by atoms with Gasteiger partial charge in [-0.25, -0.2) is 8.42 Å². The second-order valence-electron chi connectivity index (χ2n) is 8.68. The van der Waals surface area contributed by atoms with Crippen LogP contribution in [0.1, 0.15) is 40.8 Å². The van der Waals surface area contributed by atoms with Crippen molar-refractivity contribution in [1.82, 2.24) is 5.32 Å². The molecule has 0 radical (unpaired) electrons. The van der Waals surface area contributed by atoms with Gasteiger partial charge in [-0.05, 0) is 49.6 Å². The molecule has 2 atom stereocenters. The van der Waals surface area contributed by atoms with Crippen LogP contribution < -0.4 is 5.32 Å². The normalized spacial score (nSPS) is 12.4. The molecular weight excluding hydrogens is 601 g/mol. The summed E-state index contributed by atoms with van der Waals surface area (Å²) in [5, 5.41) is 3.63. The fourth-order valence-corrected chi connectivity index (χ4v) is 5.30. The molecule has 0 aliphatic carbocycles. The number of aryl methyl sites for hydroxylation is 2. The molecule has 0 aliphatic heterocycles. The third kappa shape index (κ3) is 9.45. The number of hydrogen-bond donors (Lipinski definition) is 1. The molecule has 0 saturated carbocycles. The molecule has 0 amide bonds. The summed E-state index contributed by atoms with van der Waals surface area (Å²) < 4.78 is 31.3. The molecule has 0 heterocycles. The van der Waals surface area contributed by atoms with E-state index in [0.29, 0.717) is 0 Å². The van der Waals surface area contributed by atoms with Gasteiger partial charge < -0.3 is 17.5 Å². The van der Waals surface area contributed by atoms with E-state index in [1.54, 1.807) is 24.3 Å². The van der Waals surface area contributed by atoms with Crippen molar-refractivity contribution in [2.45, 2.75) is 36.7 Å². The molecule has 0 spiro atoms. The van der Waals surface area contributed by atoms with E-state index in [-0.39, 0.29) is 18.4 Å². The van der Waals surface area contributed by atoms with Crippen molar-refractivity contribution in [3.63, 3.8) is 0 Å². The van der Waals surface area contributed by atoms with Crippen molar-refractivity contribution in [2.75, 3.05) is 6.54 Å². The molecule has 0 fully saturated rings. The molecule has 1 N–H and O–H groups in total. The molecule has 4 aromatic carbocycles. The van der Waals surface area contributed by atoms with Crippen LogP contribution in [0, 0.1) is 14.4 Å². The van der Waals surface area contributed by atoms with E-state index in [1.807, 2.05) is 91.0 Å². The Balaban J connectivity index is 0.00000165. The first-order valence-corrected chi connectivity index (χ1v) is 15.7. The summed E-state index contributed by atoms with van der Waals surface area (Å²) in [5.41, 5.74) is 4.15. The molecule has 4 rings (SSSR count). The molecule has 38 heavy (non-hydrogen) atoms. The van der Waals surface area contributed by atoms with Crippen molar-refractivity contribution in [3.05, 3.63) is 150 Å². The van der Waals surface area contributed by atoms with Crippen LogP contribution in [0.5, 0.6) is 0 Å². The van der Waals surface area contributed by atoms with Crippen molar-refractivity contribution in [2.24, 2.45) is 0 Å². The Morgan fingerprint density at radius 1 is 0.763 bits per heavy atom. The molecule has 0 unspecified atom stereocenters. The zero-order chi connectivity index (χ0) is 26.5. The van der Waals surface area contributed by atoms with E-state index in [4.69, 9.17) is 0 Å². The fourth-order valence-electron chi connectivity index (χ4n) is 4.15. The van der Waals surface area contributed by atoms with E-state index in [9.17, 15) is 8.42 Å². The zero-order valence-electron chi connectivity index (χ0n) is 21.6. The first-order valence-electron chi connectivity index (χ1n) is 12.1. The van der Waals surface area contributed by atoms with Gasteiger partial charge in [0.2, 0.25) is 0 Å². The van der Waals surface area contributed by atoms with E-state index in [2.05, 4.69) is 44.0 Å². The summed E-state index contributed by atoms with van der Waals surface area (Å²) in [6.45, 7) is 2.67. The van der Waals surface area contributed by atoms with Crippen LogP contribution in [-0.4, -0.2) is 15.0 Å². The molecule has 0 aliphatic rings. The number of sulfonamides is 1. The standard InChI is InChI=1S/C30H31N2O2S.CH3.ClH.Ru/c1-24-19-21-28(22-20-24)35(33,34)32-30(27-17-9-4-10-18-27)29(26-15-7-3-8-16-26)31-23-11-14-25-12-5-2-6-13-25;;;/h2-10,12-13,15-22,29-31H,11,14,23H2,1H3;1H3;1H;/q2*-1;;+4/p-1/t29-,30-;;;/m0.../s1. The SMILES string of the molecule is Cc1ccc(S(=O)(=O)[N-][C@@H](c2ccccc2)[C@@H](NCCCc2ccccc2)c2ccccc2)cc1.[CH3-].[Cl][Ru+3]. The Labute approximate surface area is 242 Å². The van der Waals surface area contributed by atoms with E-state index in [0.717, 1.165) is 36.1 Å². The third-order valence-corrected chi connectivity index (χ3v) is 7.41. The molecule has 4 nitrogen and oxygen atoms in total. The Hall–Kier alpha value is -2.34. The van der Waals surface area contributed by atoms with Crippen LogP contribution in [0.3, 0.4) is 0 Å². The van der Waals surface area contributed by atoms with Crippen LogP contribution in [-0.2, 0) is 33.8 Å². The van der Waals surface area contributed by atoms with Gasteiger partial charge in [0, 0.05) is 10.9 Å². The van der Waals surface area contributed by atoms with Gasteiger partial charge in [-0.3, -0.25) is 0 Å². The first-order chi connectivity index (χ1) is 18.0. The predicted octanol–water partition coefficient (Wildman–Crippen LogP) is 7.90.